The Morgan fingerprint density at radius 3 is 2.88 bits per heavy atom. The van der Waals surface area contributed by atoms with Crippen LogP contribution in [0.25, 0.3) is 0 Å². The number of hydrogen-bond acceptors (Lipinski definition) is 3. The molecule has 0 saturated heterocycles. The molecule has 1 amide bonds. The third-order valence-corrected chi connectivity index (χ3v) is 2.86. The number of nitrogens with two attached hydrogens (primary N) is 1. The number of nitrogens with zero attached hydrogens (tertiary/aromatic N) is 2. The Labute approximate surface area is 102 Å². The van der Waals surface area contributed by atoms with Crippen LogP contribution in [0.4, 0.5) is 0 Å². The van der Waals surface area contributed by atoms with Crippen molar-refractivity contribution >= 4 is 5.91 Å². The predicted octanol–water partition coefficient (Wildman–Crippen LogP) is 0.720. The van der Waals surface area contributed by atoms with Gasteiger partial charge in [0.2, 0.25) is 5.91 Å². The number of carbonyl (C=O) groups excluding carboxylic acids is 1. The molecule has 0 fully saturated rings. The molecular formula is C12H22N4O. The monoisotopic (exact) mass is 238 g/mol. The van der Waals surface area contributed by atoms with Gasteiger partial charge in [-0.05, 0) is 25.8 Å². The fourth-order valence-corrected chi connectivity index (χ4v) is 1.60. The summed E-state index contributed by atoms with van der Waals surface area (Å²) in [5, 5.41) is 7.12. The molecule has 1 aromatic rings. The molecule has 0 saturated carbocycles. The summed E-state index contributed by atoms with van der Waals surface area (Å²) in [6, 6.07) is 0. The maximum atomic E-state index is 11.6. The molecule has 5 nitrogen and oxygen atoms in total. The van der Waals surface area contributed by atoms with Crippen molar-refractivity contribution in [2.45, 2.75) is 33.2 Å². The summed E-state index contributed by atoms with van der Waals surface area (Å²) < 4.78 is 1.76. The minimum absolute atomic E-state index is 0.0774. The number of aromatic nitrogens is 2. The molecule has 0 aromatic carbocycles. The second kappa shape index (κ2) is 6.39. The van der Waals surface area contributed by atoms with Crippen LogP contribution in [-0.2, 0) is 18.4 Å². The summed E-state index contributed by atoms with van der Waals surface area (Å²) >= 11 is 0. The van der Waals surface area contributed by atoms with Crippen LogP contribution in [0.1, 0.15) is 31.0 Å². The Kier molecular flexibility index (Phi) is 5.15. The van der Waals surface area contributed by atoms with E-state index in [1.165, 1.54) is 0 Å². The lowest BCUT2D eigenvalue weighted by atomic mass is 10.1. The Morgan fingerprint density at radius 2 is 2.35 bits per heavy atom. The average Bonchev–Trinajstić information content (AvgIpc) is 2.62. The molecule has 96 valence electrons. The first-order valence-corrected chi connectivity index (χ1v) is 5.98. The zero-order chi connectivity index (χ0) is 12.8. The van der Waals surface area contributed by atoms with E-state index < -0.39 is 0 Å². The highest BCUT2D eigenvalue weighted by atomic mass is 16.1. The molecule has 1 rings (SSSR count). The van der Waals surface area contributed by atoms with Crippen LogP contribution >= 0.6 is 0 Å². The minimum Gasteiger partial charge on any atom is -0.352 e. The van der Waals surface area contributed by atoms with E-state index in [9.17, 15) is 4.79 Å². The quantitative estimate of drug-likeness (QED) is 0.767. The number of nitrogens with one attached hydrogen (secondary N) is 1. The van der Waals surface area contributed by atoms with Crippen molar-refractivity contribution in [1.82, 2.24) is 15.1 Å². The van der Waals surface area contributed by atoms with Crippen molar-refractivity contribution in [1.29, 1.82) is 0 Å². The number of amides is 1. The Balaban J connectivity index is 2.31. The van der Waals surface area contributed by atoms with Gasteiger partial charge >= 0.3 is 0 Å². The van der Waals surface area contributed by atoms with E-state index in [1.54, 1.807) is 4.68 Å². The second-order valence-corrected chi connectivity index (χ2v) is 4.57. The van der Waals surface area contributed by atoms with Crippen molar-refractivity contribution in [3.05, 3.63) is 17.5 Å². The van der Waals surface area contributed by atoms with Gasteiger partial charge in [0, 0.05) is 31.8 Å². The van der Waals surface area contributed by atoms with Crippen LogP contribution in [-0.4, -0.2) is 22.2 Å². The molecule has 17 heavy (non-hydrogen) atoms. The molecular weight excluding hydrogens is 216 g/mol. The number of carbonyl (C=O) groups is 1. The van der Waals surface area contributed by atoms with E-state index in [4.69, 9.17) is 5.73 Å². The van der Waals surface area contributed by atoms with Gasteiger partial charge in [-0.3, -0.25) is 9.48 Å². The molecule has 3 N–H and O–H groups in total. The minimum atomic E-state index is 0.0774. The largest absolute Gasteiger partial charge is 0.352 e. The summed E-state index contributed by atoms with van der Waals surface area (Å²) in [5.74, 6) is 0.481. The average molecular weight is 238 g/mol. The van der Waals surface area contributed by atoms with Crippen molar-refractivity contribution in [2.75, 3.05) is 6.54 Å². The normalized spacial score (nSPS) is 12.5. The highest BCUT2D eigenvalue weighted by Crippen LogP contribution is 2.05. The SMILES string of the molecule is Cc1nn(C)cc1CNC(=O)CCC(C)CN. The summed E-state index contributed by atoms with van der Waals surface area (Å²) in [6.07, 6.45) is 3.31. The molecule has 0 bridgehead atoms. The van der Waals surface area contributed by atoms with Crippen LogP contribution < -0.4 is 11.1 Å². The first-order chi connectivity index (χ1) is 8.02. The third-order valence-electron chi connectivity index (χ3n) is 2.86. The molecule has 5 heteroatoms. The Bertz CT molecular complexity index is 373. The summed E-state index contributed by atoms with van der Waals surface area (Å²) in [4.78, 5) is 11.6. The van der Waals surface area contributed by atoms with Crippen LogP contribution in [0.2, 0.25) is 0 Å². The fourth-order valence-electron chi connectivity index (χ4n) is 1.60. The maximum Gasteiger partial charge on any atom is 0.220 e. The van der Waals surface area contributed by atoms with Crippen molar-refractivity contribution in [2.24, 2.45) is 18.7 Å². The van der Waals surface area contributed by atoms with Crippen molar-refractivity contribution in [3.8, 4) is 0 Å². The van der Waals surface area contributed by atoms with Gasteiger partial charge in [0.05, 0.1) is 5.69 Å². The van der Waals surface area contributed by atoms with E-state index >= 15 is 0 Å². The van der Waals surface area contributed by atoms with E-state index in [1.807, 2.05) is 20.2 Å². The Morgan fingerprint density at radius 1 is 1.65 bits per heavy atom. The predicted molar refractivity (Wildman–Crippen MR) is 67.2 cm³/mol. The van der Waals surface area contributed by atoms with Gasteiger partial charge in [-0.1, -0.05) is 6.92 Å². The lowest BCUT2D eigenvalue weighted by molar-refractivity contribution is -0.121. The van der Waals surface area contributed by atoms with E-state index in [-0.39, 0.29) is 5.91 Å². The lowest BCUT2D eigenvalue weighted by Crippen LogP contribution is -2.24. The highest BCUT2D eigenvalue weighted by Gasteiger charge is 2.07. The van der Waals surface area contributed by atoms with Gasteiger partial charge in [0.25, 0.3) is 0 Å². The van der Waals surface area contributed by atoms with E-state index in [0.717, 1.165) is 17.7 Å². The van der Waals surface area contributed by atoms with Gasteiger partial charge in [-0.15, -0.1) is 0 Å². The van der Waals surface area contributed by atoms with Gasteiger partial charge < -0.3 is 11.1 Å². The van der Waals surface area contributed by atoms with E-state index in [2.05, 4.69) is 17.3 Å². The van der Waals surface area contributed by atoms with Gasteiger partial charge in [-0.2, -0.15) is 5.10 Å². The fraction of sp³-hybridized carbons (Fsp3) is 0.667. The molecule has 0 aliphatic carbocycles. The molecule has 1 heterocycles. The molecule has 0 aliphatic rings. The van der Waals surface area contributed by atoms with Gasteiger partial charge in [0.1, 0.15) is 0 Å². The number of rotatable bonds is 6. The Hall–Kier alpha value is -1.36. The summed E-state index contributed by atoms with van der Waals surface area (Å²) in [5.41, 5.74) is 7.53. The van der Waals surface area contributed by atoms with Gasteiger partial charge in [0.15, 0.2) is 0 Å². The third kappa shape index (κ3) is 4.56. The number of hydrogen-bond donors (Lipinski definition) is 2. The van der Waals surface area contributed by atoms with Gasteiger partial charge in [-0.25, -0.2) is 0 Å². The summed E-state index contributed by atoms with van der Waals surface area (Å²) in [6.45, 7) is 5.18. The molecule has 1 aromatic heterocycles. The lowest BCUT2D eigenvalue weighted by Gasteiger charge is -2.08. The smallest absolute Gasteiger partial charge is 0.220 e. The maximum absolute atomic E-state index is 11.6. The first-order valence-electron chi connectivity index (χ1n) is 5.98. The molecule has 0 radical (unpaired) electrons. The molecule has 0 spiro atoms. The molecule has 1 unspecified atom stereocenters. The van der Waals surface area contributed by atoms with E-state index in [0.29, 0.717) is 25.4 Å². The van der Waals surface area contributed by atoms with Crippen LogP contribution in [0.15, 0.2) is 6.20 Å². The molecule has 1 atom stereocenters. The van der Waals surface area contributed by atoms with Crippen molar-refractivity contribution in [3.63, 3.8) is 0 Å². The van der Waals surface area contributed by atoms with Crippen LogP contribution in [0.3, 0.4) is 0 Å². The van der Waals surface area contributed by atoms with Crippen LogP contribution in [0.5, 0.6) is 0 Å². The zero-order valence-corrected chi connectivity index (χ0v) is 10.9. The molecule has 0 aliphatic heterocycles. The topological polar surface area (TPSA) is 72.9 Å². The second-order valence-electron chi connectivity index (χ2n) is 4.57. The first kappa shape index (κ1) is 13.7. The standard InChI is InChI=1S/C12H22N4O/c1-9(6-13)4-5-12(17)14-7-11-8-16(3)15-10(11)2/h8-9H,4-7,13H2,1-3H3,(H,14,17). The van der Waals surface area contributed by atoms with Crippen LogP contribution in [0, 0.1) is 12.8 Å². The zero-order valence-electron chi connectivity index (χ0n) is 10.9. The number of aryl methyl sites for hydroxylation is 2. The summed E-state index contributed by atoms with van der Waals surface area (Å²) in [7, 11) is 1.88. The van der Waals surface area contributed by atoms with Crippen molar-refractivity contribution < 1.29 is 4.79 Å². The highest BCUT2D eigenvalue weighted by molar-refractivity contribution is 5.75.